The van der Waals surface area contributed by atoms with Crippen molar-refractivity contribution in [2.75, 3.05) is 45.4 Å². The molecule has 0 spiro atoms. The Morgan fingerprint density at radius 3 is 2.62 bits per heavy atom. The van der Waals surface area contributed by atoms with Crippen LogP contribution in [0, 0.1) is 0 Å². The van der Waals surface area contributed by atoms with Crippen molar-refractivity contribution in [3.05, 3.63) is 24.0 Å². The van der Waals surface area contributed by atoms with Crippen LogP contribution in [-0.4, -0.2) is 51.5 Å². The lowest BCUT2D eigenvalue weighted by molar-refractivity contribution is 0.191. The molecule has 1 heterocycles. The van der Waals surface area contributed by atoms with Crippen LogP contribution in [0.2, 0.25) is 0 Å². The van der Waals surface area contributed by atoms with E-state index in [1.54, 1.807) is 14.2 Å². The molecule has 1 aromatic heterocycles. The fraction of sp³-hybridized carbons (Fsp3) is 0.688. The van der Waals surface area contributed by atoms with Crippen LogP contribution in [-0.2, 0) is 16.0 Å². The molecule has 1 rings (SSSR count). The van der Waals surface area contributed by atoms with Crippen molar-refractivity contribution < 1.29 is 9.47 Å². The largest absolute Gasteiger partial charge is 0.385 e. The molecule has 1 N–H and O–H groups in total. The number of ether oxygens (including phenoxy) is 2. The van der Waals surface area contributed by atoms with Gasteiger partial charge in [0.1, 0.15) is 0 Å². The van der Waals surface area contributed by atoms with Gasteiger partial charge in [-0.2, -0.15) is 0 Å². The summed E-state index contributed by atoms with van der Waals surface area (Å²) in [6, 6.07) is 2.55. The SMILES string of the molecule is COCCCN(CCOC)c1cnccc1CNC(C)C. The highest BCUT2D eigenvalue weighted by Crippen LogP contribution is 2.19. The summed E-state index contributed by atoms with van der Waals surface area (Å²) in [7, 11) is 3.47. The smallest absolute Gasteiger partial charge is 0.0637 e. The number of hydrogen-bond donors (Lipinski definition) is 1. The lowest BCUT2D eigenvalue weighted by Crippen LogP contribution is -2.31. The van der Waals surface area contributed by atoms with Gasteiger partial charge in [0.15, 0.2) is 0 Å². The minimum Gasteiger partial charge on any atom is -0.385 e. The van der Waals surface area contributed by atoms with Crippen LogP contribution < -0.4 is 10.2 Å². The molecule has 120 valence electrons. The van der Waals surface area contributed by atoms with Crippen molar-refractivity contribution in [3.8, 4) is 0 Å². The maximum atomic E-state index is 5.23. The van der Waals surface area contributed by atoms with Gasteiger partial charge in [0.2, 0.25) is 0 Å². The first kappa shape index (κ1) is 17.9. The molecular formula is C16H29N3O2. The molecule has 0 unspecified atom stereocenters. The molecule has 0 atom stereocenters. The number of pyridine rings is 1. The second-order valence-corrected chi connectivity index (χ2v) is 5.37. The van der Waals surface area contributed by atoms with Crippen LogP contribution in [0.1, 0.15) is 25.8 Å². The van der Waals surface area contributed by atoms with Crippen molar-refractivity contribution in [2.45, 2.75) is 32.9 Å². The zero-order valence-electron chi connectivity index (χ0n) is 13.8. The average molecular weight is 295 g/mol. The van der Waals surface area contributed by atoms with E-state index < -0.39 is 0 Å². The Labute approximate surface area is 128 Å². The van der Waals surface area contributed by atoms with Crippen LogP contribution in [0.3, 0.4) is 0 Å². The van der Waals surface area contributed by atoms with Crippen molar-refractivity contribution in [3.63, 3.8) is 0 Å². The highest BCUT2D eigenvalue weighted by molar-refractivity contribution is 5.51. The summed E-state index contributed by atoms with van der Waals surface area (Å²) in [6.45, 7) is 8.44. The normalized spacial score (nSPS) is 11.1. The molecule has 0 aliphatic rings. The minimum atomic E-state index is 0.465. The summed E-state index contributed by atoms with van der Waals surface area (Å²) < 4.78 is 10.4. The maximum absolute atomic E-state index is 5.23. The molecule has 0 aromatic carbocycles. The summed E-state index contributed by atoms with van der Waals surface area (Å²) in [5, 5.41) is 3.47. The molecule has 0 saturated carbocycles. The number of methoxy groups -OCH3 is 2. The third kappa shape index (κ3) is 6.89. The molecule has 0 amide bonds. The first-order valence-corrected chi connectivity index (χ1v) is 7.58. The third-order valence-electron chi connectivity index (χ3n) is 3.27. The Kier molecular flexibility index (Phi) is 8.98. The van der Waals surface area contributed by atoms with Gasteiger partial charge in [0, 0.05) is 52.7 Å². The summed E-state index contributed by atoms with van der Waals surface area (Å²) in [6.07, 6.45) is 4.79. The summed E-state index contributed by atoms with van der Waals surface area (Å²) in [5.74, 6) is 0. The Bertz CT molecular complexity index is 386. The van der Waals surface area contributed by atoms with E-state index in [2.05, 4.69) is 35.1 Å². The predicted octanol–water partition coefficient (Wildman–Crippen LogP) is 2.07. The van der Waals surface area contributed by atoms with Gasteiger partial charge in [0.05, 0.1) is 18.5 Å². The summed E-state index contributed by atoms with van der Waals surface area (Å²) >= 11 is 0. The second-order valence-electron chi connectivity index (χ2n) is 5.37. The van der Waals surface area contributed by atoms with Gasteiger partial charge >= 0.3 is 0 Å². The quantitative estimate of drug-likeness (QED) is 0.633. The van der Waals surface area contributed by atoms with Gasteiger partial charge in [-0.05, 0) is 18.1 Å². The van der Waals surface area contributed by atoms with Crippen LogP contribution in [0.4, 0.5) is 5.69 Å². The molecule has 0 fully saturated rings. The first-order valence-electron chi connectivity index (χ1n) is 7.58. The van der Waals surface area contributed by atoms with Gasteiger partial charge < -0.3 is 19.7 Å². The maximum Gasteiger partial charge on any atom is 0.0637 e. The lowest BCUT2D eigenvalue weighted by atomic mass is 10.2. The first-order chi connectivity index (χ1) is 10.2. The van der Waals surface area contributed by atoms with Crippen molar-refractivity contribution in [1.82, 2.24) is 10.3 Å². The summed E-state index contributed by atoms with van der Waals surface area (Å²) in [5.41, 5.74) is 2.45. The Morgan fingerprint density at radius 2 is 1.95 bits per heavy atom. The third-order valence-corrected chi connectivity index (χ3v) is 3.27. The number of nitrogens with one attached hydrogen (secondary N) is 1. The van der Waals surface area contributed by atoms with Crippen molar-refractivity contribution in [1.29, 1.82) is 0 Å². The predicted molar refractivity (Wildman–Crippen MR) is 86.8 cm³/mol. The Morgan fingerprint density at radius 1 is 1.19 bits per heavy atom. The van der Waals surface area contributed by atoms with Crippen LogP contribution >= 0.6 is 0 Å². The molecule has 0 bridgehead atoms. The fourth-order valence-electron chi connectivity index (χ4n) is 2.12. The fourth-order valence-corrected chi connectivity index (χ4v) is 2.12. The highest BCUT2D eigenvalue weighted by atomic mass is 16.5. The van der Waals surface area contributed by atoms with E-state index in [1.807, 2.05) is 12.4 Å². The number of nitrogens with zero attached hydrogens (tertiary/aromatic N) is 2. The van der Waals surface area contributed by atoms with E-state index in [9.17, 15) is 0 Å². The molecule has 0 aliphatic carbocycles. The lowest BCUT2D eigenvalue weighted by Gasteiger charge is -2.27. The minimum absolute atomic E-state index is 0.465. The second kappa shape index (κ2) is 10.5. The van der Waals surface area contributed by atoms with E-state index in [0.717, 1.165) is 32.7 Å². The monoisotopic (exact) mass is 295 g/mol. The molecule has 5 nitrogen and oxygen atoms in total. The van der Waals surface area contributed by atoms with Crippen molar-refractivity contribution in [2.24, 2.45) is 0 Å². The van der Waals surface area contributed by atoms with Crippen LogP contribution in [0.15, 0.2) is 18.5 Å². The highest BCUT2D eigenvalue weighted by Gasteiger charge is 2.11. The molecule has 5 heteroatoms. The number of hydrogen-bond acceptors (Lipinski definition) is 5. The molecular weight excluding hydrogens is 266 g/mol. The zero-order chi connectivity index (χ0) is 15.5. The van der Waals surface area contributed by atoms with Gasteiger partial charge in [0.25, 0.3) is 0 Å². The van der Waals surface area contributed by atoms with Crippen LogP contribution in [0.25, 0.3) is 0 Å². The molecule has 1 aromatic rings. The average Bonchev–Trinajstić information content (AvgIpc) is 2.49. The Hall–Kier alpha value is -1.17. The van der Waals surface area contributed by atoms with E-state index in [1.165, 1.54) is 11.3 Å². The topological polar surface area (TPSA) is 46.6 Å². The molecule has 21 heavy (non-hydrogen) atoms. The van der Waals surface area contributed by atoms with Crippen LogP contribution in [0.5, 0.6) is 0 Å². The Balaban J connectivity index is 2.78. The van der Waals surface area contributed by atoms with Gasteiger partial charge in [-0.3, -0.25) is 4.98 Å². The number of aromatic nitrogens is 1. The zero-order valence-corrected chi connectivity index (χ0v) is 13.8. The number of anilines is 1. The standard InChI is InChI=1S/C16H29N3O2/c1-14(2)18-12-15-6-7-17-13-16(15)19(9-11-21-4)8-5-10-20-3/h6-7,13-14,18H,5,8-12H2,1-4H3. The van der Waals surface area contributed by atoms with Crippen molar-refractivity contribution >= 4 is 5.69 Å². The van der Waals surface area contributed by atoms with E-state index >= 15 is 0 Å². The van der Waals surface area contributed by atoms with Gasteiger partial charge in [-0.1, -0.05) is 13.8 Å². The number of rotatable bonds is 11. The summed E-state index contributed by atoms with van der Waals surface area (Å²) in [4.78, 5) is 6.61. The van der Waals surface area contributed by atoms with E-state index in [0.29, 0.717) is 12.6 Å². The van der Waals surface area contributed by atoms with Gasteiger partial charge in [-0.15, -0.1) is 0 Å². The van der Waals surface area contributed by atoms with Gasteiger partial charge in [-0.25, -0.2) is 0 Å². The molecule has 0 radical (unpaired) electrons. The van der Waals surface area contributed by atoms with E-state index in [-0.39, 0.29) is 0 Å². The molecule has 0 saturated heterocycles. The molecule has 0 aliphatic heterocycles. The van der Waals surface area contributed by atoms with E-state index in [4.69, 9.17) is 9.47 Å².